The summed E-state index contributed by atoms with van der Waals surface area (Å²) in [6, 6.07) is 1.75. The first-order chi connectivity index (χ1) is 6.57. The standard InChI is InChI=1S/C10H12N2O2/c1-10(2)8-6(12-9(10)14)3-4-11-7(8)5-13/h3-4,13H,5H2,1-2H3,(H,12,14). The van der Waals surface area contributed by atoms with Crippen molar-refractivity contribution in [3.05, 3.63) is 23.5 Å². The van der Waals surface area contributed by atoms with Crippen LogP contribution in [0.25, 0.3) is 0 Å². The van der Waals surface area contributed by atoms with Gasteiger partial charge in [-0.05, 0) is 19.9 Å². The first-order valence-corrected chi connectivity index (χ1v) is 4.48. The molecule has 0 fully saturated rings. The van der Waals surface area contributed by atoms with Crippen LogP contribution in [0.2, 0.25) is 0 Å². The van der Waals surface area contributed by atoms with E-state index in [1.165, 1.54) is 0 Å². The van der Waals surface area contributed by atoms with Gasteiger partial charge in [-0.1, -0.05) is 0 Å². The number of fused-ring (bicyclic) bond motifs is 1. The van der Waals surface area contributed by atoms with Gasteiger partial charge in [0, 0.05) is 17.4 Å². The molecule has 0 spiro atoms. The normalized spacial score (nSPS) is 17.8. The minimum absolute atomic E-state index is 0.0461. The average molecular weight is 192 g/mol. The highest BCUT2D eigenvalue weighted by atomic mass is 16.3. The SMILES string of the molecule is CC1(C)C(=O)Nc2ccnc(CO)c21. The summed E-state index contributed by atoms with van der Waals surface area (Å²) in [5, 5.41) is 11.9. The lowest BCUT2D eigenvalue weighted by Crippen LogP contribution is -2.28. The average Bonchev–Trinajstić information content (AvgIpc) is 2.38. The molecule has 1 aliphatic rings. The Kier molecular flexibility index (Phi) is 1.82. The lowest BCUT2D eigenvalue weighted by Gasteiger charge is -2.16. The number of anilines is 1. The predicted molar refractivity (Wildman–Crippen MR) is 51.8 cm³/mol. The molecule has 1 aliphatic heterocycles. The molecule has 0 unspecified atom stereocenters. The number of aliphatic hydroxyl groups excluding tert-OH is 1. The van der Waals surface area contributed by atoms with E-state index in [9.17, 15) is 4.79 Å². The molecule has 0 bridgehead atoms. The Labute approximate surface area is 82.0 Å². The third kappa shape index (κ3) is 1.04. The van der Waals surface area contributed by atoms with Crippen molar-refractivity contribution < 1.29 is 9.90 Å². The Morgan fingerprint density at radius 2 is 2.29 bits per heavy atom. The Morgan fingerprint density at radius 3 is 2.93 bits per heavy atom. The number of hydrogen-bond acceptors (Lipinski definition) is 3. The molecule has 0 aliphatic carbocycles. The van der Waals surface area contributed by atoms with E-state index in [0.717, 1.165) is 11.3 Å². The van der Waals surface area contributed by atoms with Crippen molar-refractivity contribution in [2.24, 2.45) is 0 Å². The fourth-order valence-electron chi connectivity index (χ4n) is 1.82. The van der Waals surface area contributed by atoms with Crippen LogP contribution in [0.15, 0.2) is 12.3 Å². The molecular weight excluding hydrogens is 180 g/mol. The Morgan fingerprint density at radius 1 is 1.57 bits per heavy atom. The van der Waals surface area contributed by atoms with Crippen molar-refractivity contribution in [2.75, 3.05) is 5.32 Å². The minimum atomic E-state index is -0.596. The van der Waals surface area contributed by atoms with Gasteiger partial charge in [0.15, 0.2) is 0 Å². The predicted octanol–water partition coefficient (Wildman–Crippen LogP) is 0.804. The summed E-state index contributed by atoms with van der Waals surface area (Å²) >= 11 is 0. The highest BCUT2D eigenvalue weighted by molar-refractivity contribution is 6.05. The molecule has 4 heteroatoms. The molecular formula is C10H12N2O2. The van der Waals surface area contributed by atoms with Crippen LogP contribution >= 0.6 is 0 Å². The van der Waals surface area contributed by atoms with E-state index in [1.54, 1.807) is 12.3 Å². The van der Waals surface area contributed by atoms with Crippen molar-refractivity contribution in [3.63, 3.8) is 0 Å². The van der Waals surface area contributed by atoms with E-state index >= 15 is 0 Å². The number of aromatic nitrogens is 1. The van der Waals surface area contributed by atoms with Gasteiger partial charge < -0.3 is 10.4 Å². The molecule has 2 heterocycles. The highest BCUT2D eigenvalue weighted by Crippen LogP contribution is 2.38. The van der Waals surface area contributed by atoms with E-state index < -0.39 is 5.41 Å². The summed E-state index contributed by atoms with van der Waals surface area (Å²) < 4.78 is 0. The number of pyridine rings is 1. The lowest BCUT2D eigenvalue weighted by atomic mass is 9.85. The summed E-state index contributed by atoms with van der Waals surface area (Å²) in [4.78, 5) is 15.7. The molecule has 0 radical (unpaired) electrons. The number of hydrogen-bond donors (Lipinski definition) is 2. The first kappa shape index (κ1) is 9.15. The number of nitrogens with zero attached hydrogens (tertiary/aromatic N) is 1. The van der Waals surface area contributed by atoms with Crippen LogP contribution < -0.4 is 5.32 Å². The molecule has 1 amide bonds. The Balaban J connectivity index is 2.66. The molecule has 74 valence electrons. The van der Waals surface area contributed by atoms with Crippen LogP contribution in [0.5, 0.6) is 0 Å². The zero-order valence-corrected chi connectivity index (χ0v) is 8.16. The van der Waals surface area contributed by atoms with Gasteiger partial charge in [0.05, 0.1) is 17.7 Å². The van der Waals surface area contributed by atoms with Crippen molar-refractivity contribution >= 4 is 11.6 Å². The highest BCUT2D eigenvalue weighted by Gasteiger charge is 2.40. The summed E-state index contributed by atoms with van der Waals surface area (Å²) in [7, 11) is 0. The van der Waals surface area contributed by atoms with E-state index in [2.05, 4.69) is 10.3 Å². The summed E-state index contributed by atoms with van der Waals surface area (Å²) in [6.45, 7) is 3.52. The van der Waals surface area contributed by atoms with Gasteiger partial charge in [-0.25, -0.2) is 0 Å². The van der Waals surface area contributed by atoms with E-state index in [4.69, 9.17) is 5.11 Å². The van der Waals surface area contributed by atoms with E-state index in [1.807, 2.05) is 13.8 Å². The van der Waals surface area contributed by atoms with Crippen LogP contribution in [-0.2, 0) is 16.8 Å². The molecule has 2 N–H and O–H groups in total. The second kappa shape index (κ2) is 2.78. The van der Waals surface area contributed by atoms with Gasteiger partial charge >= 0.3 is 0 Å². The third-order valence-electron chi connectivity index (χ3n) is 2.62. The van der Waals surface area contributed by atoms with E-state index in [0.29, 0.717) is 5.69 Å². The quantitative estimate of drug-likeness (QED) is 0.692. The molecule has 1 aromatic rings. The maximum absolute atomic E-state index is 11.6. The second-order valence-corrected chi connectivity index (χ2v) is 3.92. The van der Waals surface area contributed by atoms with Crippen LogP contribution in [0.3, 0.4) is 0 Å². The fourth-order valence-corrected chi connectivity index (χ4v) is 1.82. The minimum Gasteiger partial charge on any atom is -0.390 e. The van der Waals surface area contributed by atoms with Crippen LogP contribution in [-0.4, -0.2) is 16.0 Å². The van der Waals surface area contributed by atoms with Gasteiger partial charge in [-0.3, -0.25) is 9.78 Å². The number of carbonyl (C=O) groups excluding carboxylic acids is 1. The largest absolute Gasteiger partial charge is 0.390 e. The Bertz CT molecular complexity index is 399. The second-order valence-electron chi connectivity index (χ2n) is 3.92. The number of amides is 1. The Hall–Kier alpha value is -1.42. The van der Waals surface area contributed by atoms with Crippen molar-refractivity contribution in [1.82, 2.24) is 4.98 Å². The molecule has 1 aromatic heterocycles. The maximum Gasteiger partial charge on any atom is 0.234 e. The van der Waals surface area contributed by atoms with Gasteiger partial charge in [0.1, 0.15) is 0 Å². The number of aliphatic hydroxyl groups is 1. The first-order valence-electron chi connectivity index (χ1n) is 4.48. The van der Waals surface area contributed by atoms with Gasteiger partial charge in [0.2, 0.25) is 5.91 Å². The monoisotopic (exact) mass is 192 g/mol. The fraction of sp³-hybridized carbons (Fsp3) is 0.400. The number of rotatable bonds is 1. The number of nitrogens with one attached hydrogen (secondary N) is 1. The molecule has 14 heavy (non-hydrogen) atoms. The zero-order chi connectivity index (χ0) is 10.3. The maximum atomic E-state index is 11.6. The molecule has 4 nitrogen and oxygen atoms in total. The van der Waals surface area contributed by atoms with Crippen molar-refractivity contribution in [2.45, 2.75) is 25.9 Å². The van der Waals surface area contributed by atoms with Crippen LogP contribution in [0.1, 0.15) is 25.1 Å². The summed E-state index contributed by atoms with van der Waals surface area (Å²) in [6.07, 6.45) is 1.59. The summed E-state index contributed by atoms with van der Waals surface area (Å²) in [5.74, 6) is -0.0461. The molecule has 0 saturated heterocycles. The van der Waals surface area contributed by atoms with Crippen molar-refractivity contribution in [1.29, 1.82) is 0 Å². The van der Waals surface area contributed by atoms with E-state index in [-0.39, 0.29) is 12.5 Å². The van der Waals surface area contributed by atoms with Crippen LogP contribution in [0.4, 0.5) is 5.69 Å². The number of carbonyl (C=O) groups is 1. The van der Waals surface area contributed by atoms with Crippen LogP contribution in [0, 0.1) is 0 Å². The topological polar surface area (TPSA) is 62.2 Å². The van der Waals surface area contributed by atoms with Crippen molar-refractivity contribution in [3.8, 4) is 0 Å². The third-order valence-corrected chi connectivity index (χ3v) is 2.62. The summed E-state index contributed by atoms with van der Waals surface area (Å²) in [5.41, 5.74) is 1.55. The van der Waals surface area contributed by atoms with Gasteiger partial charge in [0.25, 0.3) is 0 Å². The van der Waals surface area contributed by atoms with Gasteiger partial charge in [-0.2, -0.15) is 0 Å². The molecule has 0 aromatic carbocycles. The lowest BCUT2D eigenvalue weighted by molar-refractivity contribution is -0.119. The van der Waals surface area contributed by atoms with Gasteiger partial charge in [-0.15, -0.1) is 0 Å². The molecule has 0 atom stereocenters. The molecule has 0 saturated carbocycles. The zero-order valence-electron chi connectivity index (χ0n) is 8.16. The smallest absolute Gasteiger partial charge is 0.234 e. The molecule has 2 rings (SSSR count).